The van der Waals surface area contributed by atoms with E-state index in [0.29, 0.717) is 13.1 Å². The predicted octanol–water partition coefficient (Wildman–Crippen LogP) is 0.794. The number of rotatable bonds is 4. The van der Waals surface area contributed by atoms with Crippen LogP contribution in [0, 0.1) is 6.92 Å². The molecule has 26 heavy (non-hydrogen) atoms. The molecular weight excluding hydrogens is 350 g/mol. The number of urea groups is 1. The van der Waals surface area contributed by atoms with Crippen LogP contribution in [0.3, 0.4) is 0 Å². The van der Waals surface area contributed by atoms with Crippen LogP contribution in [0.15, 0.2) is 59.5 Å². The Balaban J connectivity index is 1.54. The topological polar surface area (TPSA) is 70.9 Å². The van der Waals surface area contributed by atoms with Crippen molar-refractivity contribution in [2.75, 3.05) is 26.2 Å². The summed E-state index contributed by atoms with van der Waals surface area (Å²) in [6, 6.07) is 16.1. The zero-order chi connectivity index (χ0) is 18.6. The lowest BCUT2D eigenvalue weighted by molar-refractivity contribution is -0.917. The second-order valence-corrected chi connectivity index (χ2v) is 8.31. The molecule has 138 valence electrons. The number of aryl methyl sites for hydroxylation is 1. The molecule has 2 N–H and O–H groups in total. The first kappa shape index (κ1) is 18.4. The summed E-state index contributed by atoms with van der Waals surface area (Å²) < 4.78 is 26.9. The molecule has 2 amide bonds. The van der Waals surface area contributed by atoms with Crippen molar-refractivity contribution >= 4 is 16.1 Å². The van der Waals surface area contributed by atoms with Crippen LogP contribution < -0.4 is 9.62 Å². The van der Waals surface area contributed by atoms with Crippen molar-refractivity contribution in [2.45, 2.75) is 18.4 Å². The lowest BCUT2D eigenvalue weighted by atomic mass is 10.2. The van der Waals surface area contributed by atoms with Gasteiger partial charge >= 0.3 is 6.03 Å². The van der Waals surface area contributed by atoms with E-state index in [1.807, 2.05) is 25.1 Å². The van der Waals surface area contributed by atoms with Gasteiger partial charge in [-0.15, -0.1) is 0 Å². The van der Waals surface area contributed by atoms with Gasteiger partial charge in [0.25, 0.3) is 10.0 Å². The number of amides is 2. The van der Waals surface area contributed by atoms with Gasteiger partial charge in [0.2, 0.25) is 0 Å². The summed E-state index contributed by atoms with van der Waals surface area (Å²) >= 11 is 0. The number of carbonyl (C=O) groups excluding carboxylic acids is 1. The second kappa shape index (κ2) is 7.88. The predicted molar refractivity (Wildman–Crippen MR) is 99.3 cm³/mol. The Labute approximate surface area is 154 Å². The summed E-state index contributed by atoms with van der Waals surface area (Å²) in [7, 11) is -3.84. The van der Waals surface area contributed by atoms with Crippen molar-refractivity contribution in [3.05, 3.63) is 65.7 Å². The third kappa shape index (κ3) is 4.62. The van der Waals surface area contributed by atoms with Gasteiger partial charge in [0.15, 0.2) is 0 Å². The fourth-order valence-corrected chi connectivity index (χ4v) is 4.01. The van der Waals surface area contributed by atoms with Crippen molar-refractivity contribution in [2.24, 2.45) is 0 Å². The van der Waals surface area contributed by atoms with Crippen LogP contribution in [0.1, 0.15) is 11.1 Å². The number of nitrogens with one attached hydrogen (secondary N) is 2. The SMILES string of the molecule is Cc1ccc(S(=O)(=O)NC(=O)N2CC[NH+](Cc3ccccc3)CC2)cc1. The third-order valence-electron chi connectivity index (χ3n) is 4.61. The van der Waals surface area contributed by atoms with Crippen LogP contribution >= 0.6 is 0 Å². The Morgan fingerprint density at radius 3 is 2.27 bits per heavy atom. The van der Waals surface area contributed by atoms with Crippen LogP contribution in [-0.4, -0.2) is 45.5 Å². The Bertz CT molecular complexity index is 843. The molecule has 0 spiro atoms. The number of quaternary nitrogens is 1. The minimum Gasteiger partial charge on any atom is -0.328 e. The highest BCUT2D eigenvalue weighted by molar-refractivity contribution is 7.90. The van der Waals surface area contributed by atoms with E-state index in [2.05, 4.69) is 16.9 Å². The minimum absolute atomic E-state index is 0.102. The number of carbonyl (C=O) groups is 1. The van der Waals surface area contributed by atoms with Crippen LogP contribution in [0.5, 0.6) is 0 Å². The lowest BCUT2D eigenvalue weighted by Crippen LogP contribution is -3.13. The van der Waals surface area contributed by atoms with Crippen LogP contribution in [0.2, 0.25) is 0 Å². The van der Waals surface area contributed by atoms with E-state index in [0.717, 1.165) is 25.2 Å². The van der Waals surface area contributed by atoms with Crippen molar-refractivity contribution in [3.8, 4) is 0 Å². The third-order valence-corrected chi connectivity index (χ3v) is 5.94. The minimum atomic E-state index is -3.84. The number of sulfonamides is 1. The standard InChI is InChI=1S/C19H23N3O3S/c1-16-7-9-18(10-8-16)26(24,25)20-19(23)22-13-11-21(12-14-22)15-17-5-3-2-4-6-17/h2-10H,11-15H2,1H3,(H,20,23)/p+1. The molecule has 0 atom stereocenters. The molecule has 2 aromatic carbocycles. The van der Waals surface area contributed by atoms with E-state index < -0.39 is 16.1 Å². The molecule has 0 bridgehead atoms. The molecule has 1 saturated heterocycles. The Morgan fingerprint density at radius 2 is 1.65 bits per heavy atom. The summed E-state index contributed by atoms with van der Waals surface area (Å²) in [5, 5.41) is 0. The van der Waals surface area contributed by atoms with E-state index in [-0.39, 0.29) is 4.90 Å². The number of hydrogen-bond donors (Lipinski definition) is 2. The number of piperazine rings is 1. The van der Waals surface area contributed by atoms with Crippen molar-refractivity contribution in [3.63, 3.8) is 0 Å². The Hall–Kier alpha value is -2.38. The first-order valence-electron chi connectivity index (χ1n) is 8.70. The molecule has 0 aliphatic carbocycles. The summed E-state index contributed by atoms with van der Waals surface area (Å²) in [4.78, 5) is 15.4. The summed E-state index contributed by atoms with van der Waals surface area (Å²) in [6.07, 6.45) is 0. The largest absolute Gasteiger partial charge is 0.331 e. The van der Waals surface area contributed by atoms with E-state index in [1.54, 1.807) is 17.0 Å². The summed E-state index contributed by atoms with van der Waals surface area (Å²) in [5.74, 6) is 0. The summed E-state index contributed by atoms with van der Waals surface area (Å²) in [6.45, 7) is 5.47. The molecule has 0 radical (unpaired) electrons. The molecule has 1 aliphatic heterocycles. The van der Waals surface area contributed by atoms with Gasteiger partial charge < -0.3 is 9.80 Å². The molecule has 1 aliphatic rings. The first-order valence-corrected chi connectivity index (χ1v) is 10.2. The van der Waals surface area contributed by atoms with E-state index >= 15 is 0 Å². The highest BCUT2D eigenvalue weighted by Gasteiger charge is 2.27. The highest BCUT2D eigenvalue weighted by Crippen LogP contribution is 2.10. The van der Waals surface area contributed by atoms with Gasteiger partial charge in [0.05, 0.1) is 31.1 Å². The fourth-order valence-electron chi connectivity index (χ4n) is 3.04. The maximum absolute atomic E-state index is 12.3. The van der Waals surface area contributed by atoms with E-state index in [1.165, 1.54) is 22.6 Å². The molecule has 0 aromatic heterocycles. The molecule has 1 fully saturated rings. The van der Waals surface area contributed by atoms with Gasteiger partial charge in [-0.2, -0.15) is 0 Å². The maximum Gasteiger partial charge on any atom is 0.331 e. The van der Waals surface area contributed by atoms with Crippen molar-refractivity contribution in [1.29, 1.82) is 0 Å². The number of benzene rings is 2. The highest BCUT2D eigenvalue weighted by atomic mass is 32.2. The van der Waals surface area contributed by atoms with E-state index in [4.69, 9.17) is 0 Å². The van der Waals surface area contributed by atoms with Crippen LogP contribution in [0.4, 0.5) is 4.79 Å². The van der Waals surface area contributed by atoms with Gasteiger partial charge in [0, 0.05) is 5.56 Å². The molecule has 1 heterocycles. The van der Waals surface area contributed by atoms with Crippen LogP contribution in [-0.2, 0) is 16.6 Å². The zero-order valence-corrected chi connectivity index (χ0v) is 15.6. The molecule has 0 saturated carbocycles. The molecule has 0 unspecified atom stereocenters. The summed E-state index contributed by atoms with van der Waals surface area (Å²) in [5.41, 5.74) is 2.23. The van der Waals surface area contributed by atoms with Gasteiger partial charge in [0.1, 0.15) is 6.54 Å². The molecule has 6 nitrogen and oxygen atoms in total. The van der Waals surface area contributed by atoms with Gasteiger partial charge in [-0.25, -0.2) is 17.9 Å². The maximum atomic E-state index is 12.3. The quantitative estimate of drug-likeness (QED) is 0.831. The monoisotopic (exact) mass is 374 g/mol. The molecule has 2 aromatic rings. The van der Waals surface area contributed by atoms with Crippen molar-refractivity contribution < 1.29 is 18.1 Å². The Morgan fingerprint density at radius 1 is 1.04 bits per heavy atom. The van der Waals surface area contributed by atoms with Crippen molar-refractivity contribution in [1.82, 2.24) is 9.62 Å². The normalized spacial score (nSPS) is 15.7. The fraction of sp³-hybridized carbons (Fsp3) is 0.316. The van der Waals surface area contributed by atoms with Gasteiger partial charge in [-0.1, -0.05) is 48.0 Å². The van der Waals surface area contributed by atoms with Gasteiger partial charge in [-0.05, 0) is 19.1 Å². The first-order chi connectivity index (χ1) is 12.4. The lowest BCUT2D eigenvalue weighted by Gasteiger charge is -2.32. The molecule has 7 heteroatoms. The second-order valence-electron chi connectivity index (χ2n) is 6.62. The average Bonchev–Trinajstić information content (AvgIpc) is 2.63. The number of hydrogen-bond acceptors (Lipinski definition) is 3. The van der Waals surface area contributed by atoms with Crippen LogP contribution in [0.25, 0.3) is 0 Å². The smallest absolute Gasteiger partial charge is 0.328 e. The molecule has 3 rings (SSSR count). The molecular formula is C19H24N3O3S+. The van der Waals surface area contributed by atoms with E-state index in [9.17, 15) is 13.2 Å². The number of nitrogens with zero attached hydrogens (tertiary/aromatic N) is 1. The average molecular weight is 374 g/mol. The Kier molecular flexibility index (Phi) is 5.58. The zero-order valence-electron chi connectivity index (χ0n) is 14.8. The van der Waals surface area contributed by atoms with Gasteiger partial charge in [-0.3, -0.25) is 0 Å².